The molecule has 1 saturated heterocycles. The monoisotopic (exact) mass is 582 g/mol. The SMILES string of the molecule is O=C(OC[C@H]1O[C@@H](Cl)[C@@H](OC(=O)c2ccc(Cl)cc2)[C@@H]1OC(=O)c1ccc(Cl)cc1)c1ccc(Cl)cc1. The van der Waals surface area contributed by atoms with Gasteiger partial charge in [-0.15, -0.1) is 0 Å². The smallest absolute Gasteiger partial charge is 0.338 e. The number of halogens is 4. The van der Waals surface area contributed by atoms with E-state index in [1.165, 1.54) is 60.7 Å². The lowest BCUT2D eigenvalue weighted by Gasteiger charge is -2.23. The number of carbonyl (C=O) groups excluding carboxylic acids is 3. The Labute approximate surface area is 232 Å². The average molecular weight is 584 g/mol. The van der Waals surface area contributed by atoms with Gasteiger partial charge in [0, 0.05) is 15.1 Å². The summed E-state index contributed by atoms with van der Waals surface area (Å²) in [6.45, 7) is -0.335. The molecule has 0 bridgehead atoms. The van der Waals surface area contributed by atoms with Gasteiger partial charge in [-0.3, -0.25) is 0 Å². The van der Waals surface area contributed by atoms with Crippen LogP contribution in [0.3, 0.4) is 0 Å². The van der Waals surface area contributed by atoms with E-state index in [9.17, 15) is 14.4 Å². The zero-order valence-corrected chi connectivity index (χ0v) is 21.8. The second-order valence-corrected chi connectivity index (χ2v) is 9.62. The molecule has 0 N–H and O–H groups in total. The maximum absolute atomic E-state index is 12.9. The minimum atomic E-state index is -1.21. The molecule has 4 atom stereocenters. The van der Waals surface area contributed by atoms with Crippen LogP contribution in [0.5, 0.6) is 0 Å². The molecule has 0 spiro atoms. The fourth-order valence-electron chi connectivity index (χ4n) is 3.46. The van der Waals surface area contributed by atoms with Gasteiger partial charge < -0.3 is 18.9 Å². The van der Waals surface area contributed by atoms with Gasteiger partial charge in [0.1, 0.15) is 12.7 Å². The van der Waals surface area contributed by atoms with Crippen molar-refractivity contribution in [2.75, 3.05) is 6.61 Å². The lowest BCUT2D eigenvalue weighted by atomic mass is 10.1. The van der Waals surface area contributed by atoms with Crippen LogP contribution in [0, 0.1) is 0 Å². The molecule has 1 fully saturated rings. The molecule has 37 heavy (non-hydrogen) atoms. The van der Waals surface area contributed by atoms with E-state index in [-0.39, 0.29) is 23.3 Å². The number of alkyl halides is 1. The number of benzene rings is 3. The first-order chi connectivity index (χ1) is 17.7. The maximum Gasteiger partial charge on any atom is 0.338 e. The average Bonchev–Trinajstić information content (AvgIpc) is 3.17. The Hall–Kier alpha value is -2.81. The lowest BCUT2D eigenvalue weighted by Crippen LogP contribution is -2.41. The van der Waals surface area contributed by atoms with Crippen LogP contribution in [0.4, 0.5) is 0 Å². The number of rotatable bonds is 7. The van der Waals surface area contributed by atoms with E-state index in [2.05, 4.69) is 0 Å². The van der Waals surface area contributed by atoms with Crippen LogP contribution in [-0.2, 0) is 18.9 Å². The fourth-order valence-corrected chi connectivity index (χ4v) is 4.17. The highest BCUT2D eigenvalue weighted by atomic mass is 35.5. The normalized spacial score (nSPS) is 20.8. The number of ether oxygens (including phenoxy) is 4. The van der Waals surface area contributed by atoms with E-state index >= 15 is 0 Å². The summed E-state index contributed by atoms with van der Waals surface area (Å²) in [5, 5.41) is 1.33. The van der Waals surface area contributed by atoms with Gasteiger partial charge in [0.2, 0.25) is 0 Å². The minimum Gasteiger partial charge on any atom is -0.459 e. The summed E-state index contributed by atoms with van der Waals surface area (Å²) in [6, 6.07) is 18.1. The maximum atomic E-state index is 12.9. The molecular weight excluding hydrogens is 566 g/mol. The summed E-state index contributed by atoms with van der Waals surface area (Å²) < 4.78 is 22.2. The van der Waals surface area contributed by atoms with E-state index in [0.717, 1.165) is 0 Å². The Morgan fingerprint density at radius 2 is 1.00 bits per heavy atom. The first-order valence-electron chi connectivity index (χ1n) is 10.9. The van der Waals surface area contributed by atoms with Crippen molar-refractivity contribution in [3.05, 3.63) is 105 Å². The van der Waals surface area contributed by atoms with Gasteiger partial charge in [-0.25, -0.2) is 14.4 Å². The zero-order chi connectivity index (χ0) is 26.5. The molecule has 4 rings (SSSR count). The van der Waals surface area contributed by atoms with Crippen LogP contribution in [0.2, 0.25) is 15.1 Å². The van der Waals surface area contributed by atoms with Crippen molar-refractivity contribution in [3.63, 3.8) is 0 Å². The molecule has 3 aromatic carbocycles. The molecule has 0 aliphatic carbocycles. The Bertz CT molecular complexity index is 1260. The predicted octanol–water partition coefficient (Wildman–Crippen LogP) is 6.22. The van der Waals surface area contributed by atoms with Crippen molar-refractivity contribution in [1.82, 2.24) is 0 Å². The number of hydrogen-bond donors (Lipinski definition) is 0. The number of hydrogen-bond acceptors (Lipinski definition) is 7. The lowest BCUT2D eigenvalue weighted by molar-refractivity contribution is -0.0435. The van der Waals surface area contributed by atoms with E-state index in [0.29, 0.717) is 15.1 Å². The molecule has 0 amide bonds. The molecule has 11 heteroatoms. The second-order valence-electron chi connectivity index (χ2n) is 7.88. The molecule has 1 heterocycles. The molecule has 192 valence electrons. The van der Waals surface area contributed by atoms with E-state index < -0.39 is 41.8 Å². The van der Waals surface area contributed by atoms with E-state index in [1.807, 2.05) is 0 Å². The molecule has 3 aromatic rings. The summed E-state index contributed by atoms with van der Waals surface area (Å²) >= 11 is 24.0. The molecule has 0 aromatic heterocycles. The summed E-state index contributed by atoms with van der Waals surface area (Å²) in [6.07, 6.45) is -3.43. The van der Waals surface area contributed by atoms with Gasteiger partial charge in [0.15, 0.2) is 17.8 Å². The molecular formula is C26H18Cl4O7. The van der Waals surface area contributed by atoms with Gasteiger partial charge in [0.25, 0.3) is 0 Å². The number of esters is 3. The van der Waals surface area contributed by atoms with Crippen molar-refractivity contribution >= 4 is 64.3 Å². The van der Waals surface area contributed by atoms with Gasteiger partial charge in [-0.05, 0) is 72.8 Å². The molecule has 0 radical (unpaired) electrons. The largest absolute Gasteiger partial charge is 0.459 e. The first kappa shape index (κ1) is 27.2. The molecule has 1 aliphatic rings. The van der Waals surface area contributed by atoms with Crippen LogP contribution in [0.15, 0.2) is 72.8 Å². The Balaban J connectivity index is 1.52. The topological polar surface area (TPSA) is 88.1 Å². The Morgan fingerprint density at radius 3 is 1.43 bits per heavy atom. The van der Waals surface area contributed by atoms with Crippen LogP contribution >= 0.6 is 46.4 Å². The third kappa shape index (κ3) is 6.94. The van der Waals surface area contributed by atoms with Gasteiger partial charge in [-0.2, -0.15) is 0 Å². The summed E-state index contributed by atoms with van der Waals surface area (Å²) in [4.78, 5) is 38.1. The third-order valence-electron chi connectivity index (χ3n) is 5.36. The Morgan fingerprint density at radius 1 is 0.622 bits per heavy atom. The zero-order valence-electron chi connectivity index (χ0n) is 18.8. The first-order valence-corrected chi connectivity index (χ1v) is 12.4. The number of carbonyl (C=O) groups is 3. The molecule has 0 saturated carbocycles. The van der Waals surface area contributed by atoms with Crippen LogP contribution < -0.4 is 0 Å². The van der Waals surface area contributed by atoms with Crippen molar-refractivity contribution < 1.29 is 33.3 Å². The molecule has 0 unspecified atom stereocenters. The summed E-state index contributed by atoms with van der Waals surface area (Å²) in [5.41, 5.74) is -0.542. The van der Waals surface area contributed by atoms with Crippen LogP contribution in [0.1, 0.15) is 31.1 Å². The molecule has 1 aliphatic heterocycles. The van der Waals surface area contributed by atoms with Crippen molar-refractivity contribution in [2.24, 2.45) is 0 Å². The summed E-state index contributed by atoms with van der Waals surface area (Å²) in [5.74, 6) is -2.13. The minimum absolute atomic E-state index is 0.196. The highest BCUT2D eigenvalue weighted by Gasteiger charge is 2.49. The third-order valence-corrected chi connectivity index (χ3v) is 6.47. The van der Waals surface area contributed by atoms with Crippen LogP contribution in [0.25, 0.3) is 0 Å². The quantitative estimate of drug-likeness (QED) is 0.185. The Kier molecular flexibility index (Phi) is 8.95. The predicted molar refractivity (Wildman–Crippen MR) is 138 cm³/mol. The van der Waals surface area contributed by atoms with Crippen LogP contribution in [-0.4, -0.2) is 48.4 Å². The fraction of sp³-hybridized carbons (Fsp3) is 0.192. The van der Waals surface area contributed by atoms with Crippen molar-refractivity contribution in [1.29, 1.82) is 0 Å². The highest BCUT2D eigenvalue weighted by Crippen LogP contribution is 2.31. The van der Waals surface area contributed by atoms with Gasteiger partial charge >= 0.3 is 17.9 Å². The second kappa shape index (κ2) is 12.2. The van der Waals surface area contributed by atoms with E-state index in [1.54, 1.807) is 12.1 Å². The van der Waals surface area contributed by atoms with Gasteiger partial charge in [-0.1, -0.05) is 46.4 Å². The van der Waals surface area contributed by atoms with Crippen molar-refractivity contribution in [3.8, 4) is 0 Å². The summed E-state index contributed by atoms with van der Waals surface area (Å²) in [7, 11) is 0. The standard InChI is InChI=1S/C26H18Cl4O7/c27-17-7-1-14(2-8-17)24(31)34-13-20-21(36-25(32)15-3-9-18(28)10-4-15)22(23(30)35-20)37-26(33)16-5-11-19(29)12-6-16/h1-12,20-23H,13H2/t20-,21-,22+,23-/m1/s1. The molecule has 7 nitrogen and oxygen atoms in total. The highest BCUT2D eigenvalue weighted by molar-refractivity contribution is 6.31. The van der Waals surface area contributed by atoms with E-state index in [4.69, 9.17) is 65.4 Å². The van der Waals surface area contributed by atoms with Crippen molar-refractivity contribution in [2.45, 2.75) is 23.9 Å². The van der Waals surface area contributed by atoms with Gasteiger partial charge in [0.05, 0.1) is 16.7 Å².